The van der Waals surface area contributed by atoms with Crippen LogP contribution in [0.3, 0.4) is 0 Å². The number of carbonyl (C=O) groups is 5. The first-order valence-electron chi connectivity index (χ1n) is 29.7. The zero-order valence-electron chi connectivity index (χ0n) is 52.9. The topological polar surface area (TPSA) is 342 Å². The highest BCUT2D eigenvalue weighted by atomic mass is 35.5. The molecule has 0 fully saturated rings. The van der Waals surface area contributed by atoms with Gasteiger partial charge in [-0.25, -0.2) is 4.68 Å². The van der Waals surface area contributed by atoms with Gasteiger partial charge in [-0.1, -0.05) is 125 Å². The van der Waals surface area contributed by atoms with E-state index < -0.39 is 50.9 Å². The Balaban J connectivity index is 0.000000235. The molecule has 3 unspecified atom stereocenters. The highest BCUT2D eigenvalue weighted by molar-refractivity contribution is 7.99. The van der Waals surface area contributed by atoms with Gasteiger partial charge in [0, 0.05) is 69.2 Å². The van der Waals surface area contributed by atoms with Crippen molar-refractivity contribution in [1.29, 1.82) is 0 Å². The first-order valence-corrected chi connectivity index (χ1v) is 32.7. The third-order valence-corrected chi connectivity index (χ3v) is 18.0. The second-order valence-corrected chi connectivity index (χ2v) is 25.2. The average Bonchev–Trinajstić information content (AvgIpc) is 1.58. The summed E-state index contributed by atoms with van der Waals surface area (Å²) in [4.78, 5) is 88.7. The molecule has 98 heavy (non-hydrogen) atoms. The van der Waals surface area contributed by atoms with Gasteiger partial charge in [-0.2, -0.15) is 19.8 Å². The molecule has 4 amide bonds. The number of benzene rings is 7. The van der Waals surface area contributed by atoms with Crippen LogP contribution >= 0.6 is 58.3 Å². The molecule has 3 atom stereocenters. The van der Waals surface area contributed by atoms with Crippen LogP contribution in [0.4, 0.5) is 28.4 Å². The molecule has 0 spiro atoms. The fourth-order valence-electron chi connectivity index (χ4n) is 10.4. The summed E-state index contributed by atoms with van der Waals surface area (Å²) in [7, 11) is 0. The molecule has 0 radical (unpaired) electrons. The van der Waals surface area contributed by atoms with E-state index >= 15 is 0 Å². The molecule has 0 aliphatic carbocycles. The lowest BCUT2D eigenvalue weighted by atomic mass is 10.0. The van der Waals surface area contributed by atoms with Crippen LogP contribution in [0.15, 0.2) is 154 Å². The van der Waals surface area contributed by atoms with Crippen molar-refractivity contribution in [3.63, 3.8) is 0 Å². The van der Waals surface area contributed by atoms with Gasteiger partial charge in [0.05, 0.1) is 31.3 Å². The molecular formula is C65H57Cl3N16O12S2. The van der Waals surface area contributed by atoms with Crippen molar-refractivity contribution in [2.75, 3.05) is 21.9 Å². The summed E-state index contributed by atoms with van der Waals surface area (Å²) in [6.45, 7) is 13.5. The normalized spacial score (nSPS) is 14.4. The molecule has 4 heterocycles. The molecule has 11 rings (SSSR count). The Hall–Kier alpha value is -10.7. The number of anilines is 3. The molecule has 7 aromatic carbocycles. The van der Waals surface area contributed by atoms with Crippen LogP contribution in [0.5, 0.6) is 17.2 Å². The number of non-ortho nitro benzene ring substituents is 2. The van der Waals surface area contributed by atoms with Gasteiger partial charge in [-0.15, -0.1) is 15.3 Å². The van der Waals surface area contributed by atoms with Crippen molar-refractivity contribution in [3.8, 4) is 22.9 Å². The van der Waals surface area contributed by atoms with E-state index in [4.69, 9.17) is 49.0 Å². The number of aldehydes is 1. The Kier molecular flexibility index (Phi) is 22.2. The standard InChI is InChI=1S/C43H39N9O7S.C22H18Cl3N7O5S/c1-25-14-16-35(27(3)18-25)58-23-37(53)44-32-11-9-10-30(21-32)41(54)45-40-39(42(55)51(47-40)38-28(4)19-26(2)20-29(38)5)59-36-17-15-34(52(56)57)22-31(36)24-60-43-46-48-49-50(43)33-12-7-6-8-13-33;1-3-18(38-22-26-28-29-30(22)4-2)13-9-12(32(35)36)5-6-17(13)37-20-16(10-33)27-31(21(20)34)19-14(24)7-11(23)8-15(19)25/h6-22,39H,23-24H2,1-5H3,(H,44,53)(H,45,47,54);5-10,18,20H,3-4H2,1-2H3. The van der Waals surface area contributed by atoms with E-state index in [1.54, 1.807) is 28.9 Å². The van der Waals surface area contributed by atoms with E-state index in [1.165, 1.54) is 87.8 Å². The molecule has 2 aliphatic heterocycles. The zero-order valence-corrected chi connectivity index (χ0v) is 56.9. The molecule has 2 aliphatic rings. The number of carbonyl (C=O) groups excluding carboxylic acids is 5. The Morgan fingerprint density at radius 2 is 1.31 bits per heavy atom. The molecular weight excluding hydrogens is 1370 g/mol. The largest absolute Gasteiger partial charge is 0.483 e. The van der Waals surface area contributed by atoms with Crippen molar-refractivity contribution in [2.24, 2.45) is 10.2 Å². The smallest absolute Gasteiger partial charge is 0.296 e. The van der Waals surface area contributed by atoms with E-state index in [0.29, 0.717) is 63.5 Å². The van der Waals surface area contributed by atoms with Gasteiger partial charge in [0.2, 0.25) is 22.5 Å². The summed E-state index contributed by atoms with van der Waals surface area (Å²) in [6.07, 6.45) is -2.04. The number of thioether (sulfide) groups is 2. The summed E-state index contributed by atoms with van der Waals surface area (Å²) < 4.78 is 21.2. The molecule has 0 bridgehead atoms. The number of hydrogen-bond donors (Lipinski definition) is 2. The van der Waals surface area contributed by atoms with E-state index in [0.717, 1.165) is 32.8 Å². The minimum absolute atomic E-state index is 0.0329. The lowest BCUT2D eigenvalue weighted by Crippen LogP contribution is -2.44. The maximum atomic E-state index is 14.4. The average molecular weight is 1420 g/mol. The van der Waals surface area contributed by atoms with E-state index in [-0.39, 0.29) is 73.1 Å². The molecule has 0 saturated heterocycles. The Morgan fingerprint density at radius 1 is 0.673 bits per heavy atom. The third-order valence-electron chi connectivity index (χ3n) is 14.8. The van der Waals surface area contributed by atoms with Gasteiger partial charge in [-0.3, -0.25) is 44.2 Å². The summed E-state index contributed by atoms with van der Waals surface area (Å²) in [5, 5.41) is 64.2. The molecule has 33 heteroatoms. The summed E-state index contributed by atoms with van der Waals surface area (Å²) >= 11 is 21.0. The van der Waals surface area contributed by atoms with E-state index in [1.807, 2.05) is 103 Å². The van der Waals surface area contributed by atoms with Crippen LogP contribution in [-0.2, 0) is 31.5 Å². The maximum absolute atomic E-state index is 14.4. The Bertz CT molecular complexity index is 4630. The number of para-hydroxylation sites is 1. The molecule has 9 aromatic rings. The lowest BCUT2D eigenvalue weighted by molar-refractivity contribution is -0.385. The number of nitro groups is 2. The number of nitro benzene ring substituents is 2. The Morgan fingerprint density at radius 3 is 1.98 bits per heavy atom. The predicted molar refractivity (Wildman–Crippen MR) is 368 cm³/mol. The van der Waals surface area contributed by atoms with Gasteiger partial charge >= 0.3 is 0 Å². The minimum atomic E-state index is -1.47. The number of nitrogens with zero attached hydrogens (tertiary/aromatic N) is 14. The highest BCUT2D eigenvalue weighted by Gasteiger charge is 2.43. The van der Waals surface area contributed by atoms with Crippen molar-refractivity contribution in [1.82, 2.24) is 45.7 Å². The number of nitrogens with one attached hydrogen (secondary N) is 2. The molecule has 2 aromatic heterocycles. The number of amides is 4. The molecule has 502 valence electrons. The van der Waals surface area contributed by atoms with Crippen LogP contribution in [-0.4, -0.2) is 111 Å². The highest BCUT2D eigenvalue weighted by Crippen LogP contribution is 2.44. The molecule has 2 N–H and O–H groups in total. The lowest BCUT2D eigenvalue weighted by Gasteiger charge is -2.21. The fraction of sp³-hybridized carbons (Fsp3) is 0.215. The van der Waals surface area contributed by atoms with Crippen LogP contribution in [0.25, 0.3) is 5.69 Å². The summed E-state index contributed by atoms with van der Waals surface area (Å²) in [6, 6.07) is 35.7. The van der Waals surface area contributed by atoms with Gasteiger partial charge in [0.1, 0.15) is 22.9 Å². The van der Waals surface area contributed by atoms with Crippen molar-refractivity contribution in [3.05, 3.63) is 213 Å². The number of aromatic nitrogens is 8. The number of aryl methyl sites for hydroxylation is 6. The van der Waals surface area contributed by atoms with Crippen LogP contribution in [0, 0.1) is 54.8 Å². The summed E-state index contributed by atoms with van der Waals surface area (Å²) in [5.74, 6) is -1.55. The summed E-state index contributed by atoms with van der Waals surface area (Å²) in [5.41, 5.74) is 6.41. The van der Waals surface area contributed by atoms with Gasteiger partial charge in [-0.05, 0) is 146 Å². The maximum Gasteiger partial charge on any atom is 0.296 e. The van der Waals surface area contributed by atoms with Gasteiger partial charge < -0.3 is 24.8 Å². The van der Waals surface area contributed by atoms with Crippen molar-refractivity contribution >= 4 is 128 Å². The predicted octanol–water partition coefficient (Wildman–Crippen LogP) is 12.1. The van der Waals surface area contributed by atoms with Gasteiger partial charge in [0.25, 0.3) is 35.0 Å². The number of hydrogen-bond acceptors (Lipinski definition) is 22. The third kappa shape index (κ3) is 16.1. The second-order valence-electron chi connectivity index (χ2n) is 21.8. The Labute approximate surface area is 581 Å². The van der Waals surface area contributed by atoms with Crippen molar-refractivity contribution < 1.29 is 48.0 Å². The fourth-order valence-corrected chi connectivity index (χ4v) is 13.3. The van der Waals surface area contributed by atoms with E-state index in [9.17, 15) is 44.2 Å². The van der Waals surface area contributed by atoms with Crippen LogP contribution < -0.4 is 34.9 Å². The number of rotatable bonds is 23. The quantitative estimate of drug-likeness (QED) is 0.0260. The molecule has 0 saturated carbocycles. The first kappa shape index (κ1) is 70.1. The monoisotopic (exact) mass is 1420 g/mol. The number of tetrazole rings is 2. The number of hydrazone groups is 2. The first-order chi connectivity index (χ1) is 47.0. The minimum Gasteiger partial charge on any atom is -0.483 e. The van der Waals surface area contributed by atoms with Crippen LogP contribution in [0.2, 0.25) is 15.1 Å². The van der Waals surface area contributed by atoms with E-state index in [2.05, 4.69) is 51.9 Å². The zero-order chi connectivity index (χ0) is 70.1. The SMILES string of the molecule is CCC(Sc1nnnn1CC)c1cc([N+](=O)[O-])ccc1OC1C(=O)N(c2c(Cl)cc(Cl)cc2Cl)N=C1C=O.Cc1ccc(OCC(=O)Nc2cccc(C(=O)NC3=NN(c4c(C)cc(C)cc4C)C(=O)C3Oc3ccc([N+](=O)[O-])cc3CSc3nnnn3-c3ccccc3)c2)c(C)c1. The van der Waals surface area contributed by atoms with Crippen LogP contribution in [0.1, 0.15) is 74.8 Å². The number of ether oxygens (including phenoxy) is 3. The number of amidine groups is 1. The number of halogens is 3. The van der Waals surface area contributed by atoms with Crippen molar-refractivity contribution in [2.45, 2.75) is 95.0 Å². The molecule has 28 nitrogen and oxygen atoms in total. The second kappa shape index (κ2) is 31.0. The van der Waals surface area contributed by atoms with Gasteiger partial charge in [0.15, 0.2) is 24.4 Å².